The highest BCUT2D eigenvalue weighted by molar-refractivity contribution is 7.59. The smallest absolute Gasteiger partial charge is 0.220 e. The van der Waals surface area contributed by atoms with Crippen molar-refractivity contribution < 1.29 is 9.09 Å². The average molecular weight is 329 g/mol. The van der Waals surface area contributed by atoms with Gasteiger partial charge in [-0.2, -0.15) is 0 Å². The van der Waals surface area contributed by atoms with Gasteiger partial charge < -0.3 is 9.84 Å². The van der Waals surface area contributed by atoms with Crippen LogP contribution in [0.1, 0.15) is 18.1 Å². The first kappa shape index (κ1) is 17.7. The highest BCUT2D eigenvalue weighted by Gasteiger charge is 2.20. The third kappa shape index (κ3) is 6.54. The number of hydrogen-bond acceptors (Lipinski definition) is 3. The maximum absolute atomic E-state index is 12.9. The number of hydrogen-bond donors (Lipinski definition) is 1. The van der Waals surface area contributed by atoms with E-state index < -0.39 is 7.37 Å². The minimum absolute atomic E-state index is 0.384. The highest BCUT2D eigenvalue weighted by atomic mass is 31.2. The molecule has 0 bridgehead atoms. The second kappa shape index (κ2) is 9.46. The van der Waals surface area contributed by atoms with Crippen LogP contribution in [-0.4, -0.2) is 19.1 Å². The molecule has 2 rings (SSSR count). The number of allylic oxidation sites excluding steroid dienone is 1. The van der Waals surface area contributed by atoms with Gasteiger partial charge in [-0.25, -0.2) is 0 Å². The zero-order valence-corrected chi connectivity index (χ0v) is 14.4. The van der Waals surface area contributed by atoms with E-state index in [2.05, 4.69) is 5.32 Å². The SMILES string of the molecule is CCOP(=O)(C/C=C/c1ccccc1)CNCc1ccccc1. The monoisotopic (exact) mass is 329 g/mol. The van der Waals surface area contributed by atoms with Crippen molar-refractivity contribution in [2.24, 2.45) is 0 Å². The summed E-state index contributed by atoms with van der Waals surface area (Å²) in [5.74, 6) is 0. The number of rotatable bonds is 9. The van der Waals surface area contributed by atoms with Gasteiger partial charge >= 0.3 is 0 Å². The van der Waals surface area contributed by atoms with E-state index in [4.69, 9.17) is 4.52 Å². The second-order valence-corrected chi connectivity index (χ2v) is 7.87. The molecule has 0 saturated heterocycles. The van der Waals surface area contributed by atoms with Crippen molar-refractivity contribution in [2.75, 3.05) is 19.1 Å². The van der Waals surface area contributed by atoms with Gasteiger partial charge in [0.15, 0.2) is 0 Å². The largest absolute Gasteiger partial charge is 0.328 e. The molecule has 1 unspecified atom stereocenters. The molecule has 0 amide bonds. The molecule has 0 saturated carbocycles. The third-order valence-electron chi connectivity index (χ3n) is 3.38. The van der Waals surface area contributed by atoms with Gasteiger partial charge in [0.2, 0.25) is 7.37 Å². The Labute approximate surface area is 138 Å². The van der Waals surface area contributed by atoms with Crippen LogP contribution in [0.25, 0.3) is 6.08 Å². The standard InChI is InChI=1S/C19H24NO2P/c1-2-22-23(21,15-9-14-18-10-5-3-6-11-18)17-20-16-19-12-7-4-8-13-19/h3-14,20H,2,15-17H2,1H3/b14-9+. The Balaban J connectivity index is 1.87. The Hall–Kier alpha value is -1.67. The molecule has 122 valence electrons. The summed E-state index contributed by atoms with van der Waals surface area (Å²) in [6, 6.07) is 20.1. The van der Waals surface area contributed by atoms with Gasteiger partial charge in [0.05, 0.1) is 12.9 Å². The lowest BCUT2D eigenvalue weighted by molar-refractivity contribution is 0.332. The van der Waals surface area contributed by atoms with E-state index in [0.29, 0.717) is 25.6 Å². The molecule has 3 nitrogen and oxygen atoms in total. The molecule has 0 aliphatic heterocycles. The van der Waals surface area contributed by atoms with Crippen LogP contribution in [0.5, 0.6) is 0 Å². The molecule has 2 aromatic rings. The molecular weight excluding hydrogens is 305 g/mol. The maximum Gasteiger partial charge on any atom is 0.220 e. The highest BCUT2D eigenvalue weighted by Crippen LogP contribution is 2.45. The van der Waals surface area contributed by atoms with E-state index in [1.54, 1.807) is 0 Å². The predicted octanol–water partition coefficient (Wildman–Crippen LogP) is 4.76. The first-order valence-corrected chi connectivity index (χ1v) is 9.90. The van der Waals surface area contributed by atoms with Crippen LogP contribution in [0.2, 0.25) is 0 Å². The molecule has 1 N–H and O–H groups in total. The minimum Gasteiger partial charge on any atom is -0.328 e. The fraction of sp³-hybridized carbons (Fsp3) is 0.263. The van der Waals surface area contributed by atoms with Crippen molar-refractivity contribution in [3.8, 4) is 0 Å². The van der Waals surface area contributed by atoms with Crippen molar-refractivity contribution >= 4 is 13.4 Å². The lowest BCUT2D eigenvalue weighted by Crippen LogP contribution is -2.17. The summed E-state index contributed by atoms with van der Waals surface area (Å²) in [7, 11) is -2.69. The van der Waals surface area contributed by atoms with E-state index in [9.17, 15) is 4.57 Å². The minimum atomic E-state index is -2.69. The van der Waals surface area contributed by atoms with Crippen molar-refractivity contribution in [1.82, 2.24) is 5.32 Å². The summed E-state index contributed by atoms with van der Waals surface area (Å²) in [5, 5.41) is 3.25. The number of nitrogens with one attached hydrogen (secondary N) is 1. The molecule has 1 atom stereocenters. The molecule has 0 fully saturated rings. The van der Waals surface area contributed by atoms with E-state index in [1.165, 1.54) is 5.56 Å². The van der Waals surface area contributed by atoms with E-state index in [-0.39, 0.29) is 0 Å². The van der Waals surface area contributed by atoms with Gasteiger partial charge in [0.1, 0.15) is 0 Å². The van der Waals surface area contributed by atoms with Gasteiger partial charge in [0, 0.05) is 12.7 Å². The van der Waals surface area contributed by atoms with Gasteiger partial charge in [-0.05, 0) is 18.1 Å². The molecule has 0 aliphatic rings. The van der Waals surface area contributed by atoms with Crippen LogP contribution in [-0.2, 0) is 15.6 Å². The zero-order chi connectivity index (χ0) is 16.4. The predicted molar refractivity (Wildman–Crippen MR) is 97.7 cm³/mol. The zero-order valence-electron chi connectivity index (χ0n) is 13.5. The quantitative estimate of drug-likeness (QED) is 0.674. The Morgan fingerprint density at radius 3 is 2.35 bits per heavy atom. The molecule has 0 aromatic heterocycles. The van der Waals surface area contributed by atoms with Crippen LogP contribution >= 0.6 is 7.37 Å². The Bertz CT molecular complexity index is 641. The molecule has 23 heavy (non-hydrogen) atoms. The summed E-state index contributed by atoms with van der Waals surface area (Å²) in [4.78, 5) is 0. The molecular formula is C19H24NO2P. The summed E-state index contributed by atoms with van der Waals surface area (Å²) in [5.41, 5.74) is 2.28. The van der Waals surface area contributed by atoms with Crippen LogP contribution < -0.4 is 5.32 Å². The summed E-state index contributed by atoms with van der Waals surface area (Å²) >= 11 is 0. The van der Waals surface area contributed by atoms with Gasteiger partial charge in [-0.15, -0.1) is 0 Å². The second-order valence-electron chi connectivity index (χ2n) is 5.30. The van der Waals surface area contributed by atoms with Gasteiger partial charge in [0.25, 0.3) is 0 Å². The topological polar surface area (TPSA) is 38.3 Å². The van der Waals surface area contributed by atoms with Crippen LogP contribution in [0.4, 0.5) is 0 Å². The normalized spacial score (nSPS) is 14.0. The Morgan fingerprint density at radius 2 is 1.70 bits per heavy atom. The third-order valence-corrected chi connectivity index (χ3v) is 5.58. The lowest BCUT2D eigenvalue weighted by atomic mass is 10.2. The average Bonchev–Trinajstić information content (AvgIpc) is 2.57. The molecule has 0 heterocycles. The van der Waals surface area contributed by atoms with Crippen LogP contribution in [0.15, 0.2) is 66.7 Å². The van der Waals surface area contributed by atoms with Crippen LogP contribution in [0, 0.1) is 0 Å². The van der Waals surface area contributed by atoms with Crippen molar-refractivity contribution in [1.29, 1.82) is 0 Å². The fourth-order valence-corrected chi connectivity index (χ4v) is 3.95. The first-order valence-electron chi connectivity index (χ1n) is 7.91. The van der Waals surface area contributed by atoms with E-state index in [0.717, 1.165) is 5.56 Å². The van der Waals surface area contributed by atoms with E-state index >= 15 is 0 Å². The Kier molecular flexibility index (Phi) is 7.28. The van der Waals surface area contributed by atoms with Gasteiger partial charge in [-0.1, -0.05) is 72.8 Å². The maximum atomic E-state index is 12.9. The molecule has 4 heteroatoms. The lowest BCUT2D eigenvalue weighted by Gasteiger charge is -2.17. The Morgan fingerprint density at radius 1 is 1.04 bits per heavy atom. The number of benzene rings is 2. The molecule has 0 aliphatic carbocycles. The van der Waals surface area contributed by atoms with E-state index in [1.807, 2.05) is 79.7 Å². The summed E-state index contributed by atoms with van der Waals surface area (Å²) in [6.07, 6.45) is 4.76. The fourth-order valence-electron chi connectivity index (χ4n) is 2.28. The van der Waals surface area contributed by atoms with Crippen molar-refractivity contribution in [3.05, 3.63) is 77.9 Å². The first-order chi connectivity index (χ1) is 11.2. The van der Waals surface area contributed by atoms with Crippen LogP contribution in [0.3, 0.4) is 0 Å². The van der Waals surface area contributed by atoms with Crippen molar-refractivity contribution in [3.63, 3.8) is 0 Å². The molecule has 0 spiro atoms. The molecule has 0 radical (unpaired) electrons. The van der Waals surface area contributed by atoms with Gasteiger partial charge in [-0.3, -0.25) is 4.57 Å². The molecule has 2 aromatic carbocycles. The summed E-state index contributed by atoms with van der Waals surface area (Å²) in [6.45, 7) is 3.04. The summed E-state index contributed by atoms with van der Waals surface area (Å²) < 4.78 is 18.4. The van der Waals surface area contributed by atoms with Crippen molar-refractivity contribution in [2.45, 2.75) is 13.5 Å².